The van der Waals surface area contributed by atoms with E-state index in [1.807, 2.05) is 0 Å². The Bertz CT molecular complexity index is 1600. The molecule has 0 aromatic carbocycles. The molecule has 8 saturated carbocycles. The summed E-state index contributed by atoms with van der Waals surface area (Å²) in [4.78, 5) is 0. The molecule has 8 rings (SSSR count). The van der Waals surface area contributed by atoms with Gasteiger partial charge in [-0.05, 0) is 236 Å². The highest BCUT2D eigenvalue weighted by Crippen LogP contribution is 2.40. The molecule has 8 heteroatoms. The van der Waals surface area contributed by atoms with Crippen molar-refractivity contribution in [2.24, 2.45) is 94.7 Å². The number of hydrogen-bond donors (Lipinski definition) is 8. The lowest BCUT2D eigenvalue weighted by atomic mass is 9.75. The highest BCUT2D eigenvalue weighted by molar-refractivity contribution is 4.85. The summed E-state index contributed by atoms with van der Waals surface area (Å²) in [5.74, 6) is 11.7. The zero-order chi connectivity index (χ0) is 69.0. The molecule has 8 nitrogen and oxygen atoms in total. The van der Waals surface area contributed by atoms with E-state index in [0.717, 1.165) is 143 Å². The van der Waals surface area contributed by atoms with Crippen LogP contribution in [-0.4, -0.2) is 89.7 Å². The molecule has 8 N–H and O–H groups in total. The van der Waals surface area contributed by atoms with E-state index in [1.165, 1.54) is 193 Å². The fourth-order valence-electron chi connectivity index (χ4n) is 18.9. The first kappa shape index (κ1) is 89.7. The maximum atomic E-state index is 9.90. The number of aliphatic hydroxyl groups is 8. The minimum Gasteiger partial charge on any atom is -0.393 e. The molecule has 92 heavy (non-hydrogen) atoms. The van der Waals surface area contributed by atoms with Crippen molar-refractivity contribution in [3.8, 4) is 0 Å². The Labute approximate surface area is 574 Å². The lowest BCUT2D eigenvalue weighted by Gasteiger charge is -2.34. The summed E-state index contributed by atoms with van der Waals surface area (Å²) in [5.41, 5.74) is 0. The van der Waals surface area contributed by atoms with Crippen molar-refractivity contribution < 1.29 is 40.9 Å². The zero-order valence-electron chi connectivity index (χ0n) is 64.5. The van der Waals surface area contributed by atoms with E-state index in [0.29, 0.717) is 41.4 Å². The van der Waals surface area contributed by atoms with Gasteiger partial charge >= 0.3 is 0 Å². The largest absolute Gasteiger partial charge is 0.393 e. The van der Waals surface area contributed by atoms with Gasteiger partial charge in [0, 0.05) is 0 Å². The summed E-state index contributed by atoms with van der Waals surface area (Å²) in [5, 5.41) is 77.4. The van der Waals surface area contributed by atoms with Gasteiger partial charge in [0.05, 0.1) is 48.8 Å². The molecule has 8 aliphatic rings. The van der Waals surface area contributed by atoms with Crippen LogP contribution >= 0.6 is 0 Å². The van der Waals surface area contributed by atoms with E-state index < -0.39 is 0 Å². The van der Waals surface area contributed by atoms with E-state index in [1.54, 1.807) is 0 Å². The summed E-state index contributed by atoms with van der Waals surface area (Å²) in [6.45, 7) is 35.6. The molecule has 0 heterocycles. The zero-order valence-corrected chi connectivity index (χ0v) is 64.5. The molecule has 8 fully saturated rings. The Morgan fingerprint density at radius 3 is 1.07 bits per heavy atom. The predicted octanol–water partition coefficient (Wildman–Crippen LogP) is 22.2. The maximum absolute atomic E-state index is 9.90. The van der Waals surface area contributed by atoms with Crippen molar-refractivity contribution in [2.45, 2.75) is 442 Å². The second-order valence-corrected chi connectivity index (χ2v) is 32.0. The smallest absolute Gasteiger partial charge is 0.0596 e. The molecular formula is C84H168O8. The molecule has 0 aromatic rings. The molecule has 0 radical (unpaired) electrons. The normalized spacial score (nSPS) is 37.8. The minimum atomic E-state index is -0.00125. The first-order valence-corrected chi connectivity index (χ1v) is 41.7. The Morgan fingerprint density at radius 2 is 0.598 bits per heavy atom. The maximum Gasteiger partial charge on any atom is 0.0596 e. The van der Waals surface area contributed by atoms with Gasteiger partial charge in [-0.15, -0.1) is 0 Å². The van der Waals surface area contributed by atoms with E-state index in [-0.39, 0.29) is 48.8 Å². The first-order valence-electron chi connectivity index (χ1n) is 41.7. The van der Waals surface area contributed by atoms with Crippen LogP contribution in [0.2, 0.25) is 0 Å². The van der Waals surface area contributed by atoms with Crippen molar-refractivity contribution in [1.29, 1.82) is 0 Å². The molecule has 0 saturated heterocycles. The Morgan fingerprint density at radius 1 is 0.207 bits per heavy atom. The second kappa shape index (κ2) is 54.5. The molecule has 0 aliphatic heterocycles. The van der Waals surface area contributed by atoms with Gasteiger partial charge in [0.2, 0.25) is 0 Å². The van der Waals surface area contributed by atoms with Crippen LogP contribution in [0.3, 0.4) is 0 Å². The third-order valence-electron chi connectivity index (χ3n) is 25.7. The Kier molecular flexibility index (Phi) is 53.1. The highest BCUT2D eigenvalue weighted by atomic mass is 16.3. The fourth-order valence-corrected chi connectivity index (χ4v) is 18.9. The second-order valence-electron chi connectivity index (χ2n) is 32.0. The molecule has 8 aliphatic carbocycles. The summed E-state index contributed by atoms with van der Waals surface area (Å²) >= 11 is 0. The lowest BCUT2D eigenvalue weighted by Crippen LogP contribution is -2.32. The van der Waals surface area contributed by atoms with E-state index in [2.05, 4.69) is 111 Å². The topological polar surface area (TPSA) is 162 Å². The van der Waals surface area contributed by atoms with Gasteiger partial charge in [0.1, 0.15) is 0 Å². The van der Waals surface area contributed by atoms with Crippen molar-refractivity contribution in [2.75, 3.05) is 0 Å². The van der Waals surface area contributed by atoms with Gasteiger partial charge in [-0.25, -0.2) is 0 Å². The standard InChI is InChI=1S/2C12H24O.6C10H20O/c1-3-5-10-7-8-12(13)11(9-10)6-4-2;1-3-5-10-7-8-11(6-4-2)12(13)9-10;1-3-8-5-9(4-2)7-10(11)6-8;1-3-8-5-6-10(11)7-9(8)4-2;1-3-8-5-6-10(11)9(4-2)7-8;1-3-8-5-6-9(4-2)10(11)7-8;1-3-8-6-5-7-10(11)9(8)4-2;1-3-8-6-5-7-9(4-2)10(8)11/h2*10-13H,3-9H2,1-2H3;6*8-11H,3-7H2,1-2H3. The van der Waals surface area contributed by atoms with Crippen molar-refractivity contribution in [3.05, 3.63) is 0 Å². The van der Waals surface area contributed by atoms with Crippen LogP contribution in [0.4, 0.5) is 0 Å². The van der Waals surface area contributed by atoms with Gasteiger partial charge in [0.15, 0.2) is 0 Å². The third kappa shape index (κ3) is 35.6. The minimum absolute atomic E-state index is 0.00116. The quantitative estimate of drug-likeness (QED) is 0.0598. The van der Waals surface area contributed by atoms with Crippen molar-refractivity contribution in [3.63, 3.8) is 0 Å². The summed E-state index contributed by atoms with van der Waals surface area (Å²) in [7, 11) is 0. The van der Waals surface area contributed by atoms with E-state index in [4.69, 9.17) is 0 Å². The van der Waals surface area contributed by atoms with Crippen LogP contribution in [0, 0.1) is 94.7 Å². The van der Waals surface area contributed by atoms with Crippen LogP contribution < -0.4 is 0 Å². The summed E-state index contributed by atoms with van der Waals surface area (Å²) in [6, 6.07) is 0. The average Bonchev–Trinajstić information content (AvgIpc) is 3.70. The van der Waals surface area contributed by atoms with E-state index >= 15 is 0 Å². The molecule has 0 spiro atoms. The van der Waals surface area contributed by atoms with Gasteiger partial charge in [-0.2, -0.15) is 0 Å². The van der Waals surface area contributed by atoms with Crippen LogP contribution in [0.25, 0.3) is 0 Å². The molecule has 552 valence electrons. The number of aliphatic hydroxyl groups excluding tert-OH is 8. The molecule has 0 amide bonds. The highest BCUT2D eigenvalue weighted by Gasteiger charge is 2.34. The summed E-state index contributed by atoms with van der Waals surface area (Å²) < 4.78 is 0. The van der Waals surface area contributed by atoms with Crippen LogP contribution in [0.15, 0.2) is 0 Å². The van der Waals surface area contributed by atoms with Gasteiger partial charge in [-0.3, -0.25) is 0 Å². The summed E-state index contributed by atoms with van der Waals surface area (Å²) in [6.07, 6.45) is 53.4. The van der Waals surface area contributed by atoms with Crippen LogP contribution in [0.1, 0.15) is 393 Å². The van der Waals surface area contributed by atoms with Crippen molar-refractivity contribution in [1.82, 2.24) is 0 Å². The van der Waals surface area contributed by atoms with Gasteiger partial charge in [-0.1, -0.05) is 252 Å². The third-order valence-corrected chi connectivity index (χ3v) is 25.7. The molecule has 22 atom stereocenters. The lowest BCUT2D eigenvalue weighted by molar-refractivity contribution is 0.0144. The molecule has 0 aromatic heterocycles. The number of rotatable bonds is 20. The Hall–Kier alpha value is -0.320. The predicted molar refractivity (Wildman–Crippen MR) is 398 cm³/mol. The molecular weight excluding hydrogens is 1140 g/mol. The van der Waals surface area contributed by atoms with E-state index in [9.17, 15) is 40.9 Å². The SMILES string of the molecule is CCC1CC(O)CC(CC)C1.CCC1CCC(CC)C(O)C1.CCC1CCC(O)C(CC)C1.CCC1CCC(O)CC1CC.CCC1CCCC(CC)C1O.CCC1CCCC(O)C1CC.CCCC1CCC(CCC)C(O)C1.CCCC1CCC(O)C(CCC)C1. The number of hydrogen-bond acceptors (Lipinski definition) is 8. The fraction of sp³-hybridized carbons (Fsp3) is 1.00. The first-order chi connectivity index (χ1) is 44.2. The Balaban J connectivity index is 0.000000526. The van der Waals surface area contributed by atoms with Crippen LogP contribution in [0.5, 0.6) is 0 Å². The molecule has 0 bridgehead atoms. The monoisotopic (exact) mass is 1310 g/mol. The van der Waals surface area contributed by atoms with Gasteiger partial charge < -0.3 is 40.9 Å². The van der Waals surface area contributed by atoms with Crippen molar-refractivity contribution >= 4 is 0 Å². The van der Waals surface area contributed by atoms with Crippen LogP contribution in [-0.2, 0) is 0 Å². The molecule has 22 unspecified atom stereocenters. The average molecular weight is 1310 g/mol. The van der Waals surface area contributed by atoms with Gasteiger partial charge in [0.25, 0.3) is 0 Å².